The van der Waals surface area contributed by atoms with Gasteiger partial charge in [0.15, 0.2) is 0 Å². The third-order valence-electron chi connectivity index (χ3n) is 2.37. The molecule has 1 N–H and O–H groups in total. The fourth-order valence-electron chi connectivity index (χ4n) is 1.69. The number of hydrogen-bond donors (Lipinski definition) is 1. The minimum atomic E-state index is 0.801. The van der Waals surface area contributed by atoms with Gasteiger partial charge in [0.2, 0.25) is 0 Å². The molecular formula is C12H12ClN. The molecule has 72 valence electrons. The van der Waals surface area contributed by atoms with Gasteiger partial charge in [0.1, 0.15) is 0 Å². The van der Waals surface area contributed by atoms with E-state index in [0.717, 1.165) is 13.0 Å². The second-order valence-electron chi connectivity index (χ2n) is 3.27. The van der Waals surface area contributed by atoms with Crippen LogP contribution in [0.25, 0.3) is 10.8 Å². The number of benzene rings is 2. The van der Waals surface area contributed by atoms with E-state index in [9.17, 15) is 0 Å². The fraction of sp³-hybridized carbons (Fsp3) is 0.167. The van der Waals surface area contributed by atoms with Gasteiger partial charge in [-0.2, -0.15) is 0 Å². The van der Waals surface area contributed by atoms with E-state index in [2.05, 4.69) is 47.3 Å². The van der Waals surface area contributed by atoms with E-state index in [-0.39, 0.29) is 0 Å². The van der Waals surface area contributed by atoms with Gasteiger partial charge in [-0.1, -0.05) is 42.5 Å². The lowest BCUT2D eigenvalue weighted by molar-refractivity contribution is 0.905. The Kier molecular flexibility index (Phi) is 3.02. The van der Waals surface area contributed by atoms with Crippen LogP contribution >= 0.6 is 11.8 Å². The van der Waals surface area contributed by atoms with Crippen LogP contribution in [0.5, 0.6) is 0 Å². The maximum absolute atomic E-state index is 5.45. The van der Waals surface area contributed by atoms with Crippen molar-refractivity contribution in [2.24, 2.45) is 0 Å². The Bertz CT molecular complexity index is 420. The normalized spacial score (nSPS) is 10.6. The Labute approximate surface area is 88.8 Å². The smallest absolute Gasteiger partial charge is 0.0148 e. The topological polar surface area (TPSA) is 12.0 Å². The maximum atomic E-state index is 5.45. The SMILES string of the molecule is ClNCCc1cccc2ccccc12. The molecule has 0 bridgehead atoms. The van der Waals surface area contributed by atoms with Crippen molar-refractivity contribution in [1.82, 2.24) is 4.84 Å². The molecule has 2 aromatic carbocycles. The molecule has 0 aliphatic carbocycles. The van der Waals surface area contributed by atoms with Gasteiger partial charge in [-0.15, -0.1) is 0 Å². The Morgan fingerprint density at radius 1 is 1.00 bits per heavy atom. The van der Waals surface area contributed by atoms with Crippen molar-refractivity contribution in [3.63, 3.8) is 0 Å². The molecule has 0 aliphatic rings. The Hall–Kier alpha value is -1.05. The minimum Gasteiger partial charge on any atom is -0.233 e. The standard InChI is InChI=1S/C12H12ClN/c13-14-9-8-11-6-3-5-10-4-1-2-7-12(10)11/h1-7,14H,8-9H2. The summed E-state index contributed by atoms with van der Waals surface area (Å²) < 4.78 is 0. The van der Waals surface area contributed by atoms with Crippen molar-refractivity contribution in [3.05, 3.63) is 48.0 Å². The van der Waals surface area contributed by atoms with Crippen molar-refractivity contribution < 1.29 is 0 Å². The molecule has 0 amide bonds. The number of nitrogens with one attached hydrogen (secondary N) is 1. The first-order chi connectivity index (χ1) is 6.92. The van der Waals surface area contributed by atoms with E-state index in [1.54, 1.807) is 0 Å². The van der Waals surface area contributed by atoms with Gasteiger partial charge < -0.3 is 0 Å². The summed E-state index contributed by atoms with van der Waals surface area (Å²) in [6.07, 6.45) is 0.963. The highest BCUT2D eigenvalue weighted by Crippen LogP contribution is 2.18. The lowest BCUT2D eigenvalue weighted by Crippen LogP contribution is -2.04. The molecule has 0 unspecified atom stereocenters. The second kappa shape index (κ2) is 4.45. The molecule has 1 nitrogen and oxygen atoms in total. The van der Waals surface area contributed by atoms with Gasteiger partial charge in [0, 0.05) is 6.54 Å². The highest BCUT2D eigenvalue weighted by atomic mass is 35.5. The van der Waals surface area contributed by atoms with E-state index in [4.69, 9.17) is 11.8 Å². The monoisotopic (exact) mass is 205 g/mol. The molecule has 0 heterocycles. The number of fused-ring (bicyclic) bond motifs is 1. The predicted molar refractivity (Wildman–Crippen MR) is 61.5 cm³/mol. The Morgan fingerprint density at radius 2 is 1.79 bits per heavy atom. The third-order valence-corrected chi connectivity index (χ3v) is 2.56. The lowest BCUT2D eigenvalue weighted by atomic mass is 10.0. The summed E-state index contributed by atoms with van der Waals surface area (Å²) in [6.45, 7) is 0.801. The zero-order valence-corrected chi connectivity index (χ0v) is 8.59. The van der Waals surface area contributed by atoms with Gasteiger partial charge >= 0.3 is 0 Å². The Balaban J connectivity index is 2.43. The molecule has 14 heavy (non-hydrogen) atoms. The maximum Gasteiger partial charge on any atom is 0.0148 e. The number of hydrogen-bond acceptors (Lipinski definition) is 1. The predicted octanol–water partition coefficient (Wildman–Crippen LogP) is 3.13. The van der Waals surface area contributed by atoms with Crippen LogP contribution in [0, 0.1) is 0 Å². The van der Waals surface area contributed by atoms with E-state index in [0.29, 0.717) is 0 Å². The first-order valence-corrected chi connectivity index (χ1v) is 5.10. The summed E-state index contributed by atoms with van der Waals surface area (Å²) in [4.78, 5) is 2.65. The van der Waals surface area contributed by atoms with Crippen LogP contribution in [0.3, 0.4) is 0 Å². The van der Waals surface area contributed by atoms with Gasteiger partial charge in [-0.05, 0) is 34.5 Å². The average Bonchev–Trinajstić information content (AvgIpc) is 2.26. The number of rotatable bonds is 3. The van der Waals surface area contributed by atoms with Crippen molar-refractivity contribution in [1.29, 1.82) is 0 Å². The molecule has 0 saturated carbocycles. The second-order valence-corrected chi connectivity index (χ2v) is 3.54. The summed E-state index contributed by atoms with van der Waals surface area (Å²) >= 11 is 5.45. The van der Waals surface area contributed by atoms with Crippen LogP contribution in [-0.2, 0) is 6.42 Å². The molecule has 2 rings (SSSR count). The molecule has 0 fully saturated rings. The van der Waals surface area contributed by atoms with Crippen LogP contribution in [0.15, 0.2) is 42.5 Å². The fourth-order valence-corrected chi connectivity index (χ4v) is 1.79. The van der Waals surface area contributed by atoms with E-state index < -0.39 is 0 Å². The molecular weight excluding hydrogens is 194 g/mol. The summed E-state index contributed by atoms with van der Waals surface area (Å²) in [5, 5.41) is 2.61. The van der Waals surface area contributed by atoms with Gasteiger partial charge in [0.25, 0.3) is 0 Å². The van der Waals surface area contributed by atoms with Crippen molar-refractivity contribution in [2.45, 2.75) is 6.42 Å². The molecule has 0 atom stereocenters. The molecule has 0 aromatic heterocycles. The Morgan fingerprint density at radius 3 is 2.64 bits per heavy atom. The summed E-state index contributed by atoms with van der Waals surface area (Å²) in [7, 11) is 0. The average molecular weight is 206 g/mol. The van der Waals surface area contributed by atoms with E-state index in [1.165, 1.54) is 16.3 Å². The van der Waals surface area contributed by atoms with Crippen LogP contribution in [-0.4, -0.2) is 6.54 Å². The first-order valence-electron chi connectivity index (χ1n) is 4.72. The van der Waals surface area contributed by atoms with Gasteiger partial charge in [0.05, 0.1) is 0 Å². The minimum absolute atomic E-state index is 0.801. The molecule has 0 saturated heterocycles. The van der Waals surface area contributed by atoms with Gasteiger partial charge in [-0.3, -0.25) is 0 Å². The molecule has 2 aromatic rings. The highest BCUT2D eigenvalue weighted by Gasteiger charge is 1.98. The summed E-state index contributed by atoms with van der Waals surface area (Å²) in [5.74, 6) is 0. The molecule has 2 heteroatoms. The molecule has 0 spiro atoms. The van der Waals surface area contributed by atoms with Crippen molar-refractivity contribution in [2.75, 3.05) is 6.54 Å². The van der Waals surface area contributed by atoms with E-state index in [1.807, 2.05) is 0 Å². The lowest BCUT2D eigenvalue weighted by Gasteiger charge is -2.04. The third kappa shape index (κ3) is 1.89. The molecule has 0 radical (unpaired) electrons. The van der Waals surface area contributed by atoms with Crippen LogP contribution in [0.1, 0.15) is 5.56 Å². The largest absolute Gasteiger partial charge is 0.233 e. The zero-order chi connectivity index (χ0) is 9.80. The van der Waals surface area contributed by atoms with Crippen LogP contribution in [0.4, 0.5) is 0 Å². The van der Waals surface area contributed by atoms with E-state index >= 15 is 0 Å². The van der Waals surface area contributed by atoms with Crippen LogP contribution < -0.4 is 4.84 Å². The summed E-state index contributed by atoms with van der Waals surface area (Å²) in [5.41, 5.74) is 1.34. The zero-order valence-electron chi connectivity index (χ0n) is 7.83. The summed E-state index contributed by atoms with van der Waals surface area (Å²) in [6, 6.07) is 14.8. The van der Waals surface area contributed by atoms with Crippen LogP contribution in [0.2, 0.25) is 0 Å². The highest BCUT2D eigenvalue weighted by molar-refractivity contribution is 6.13. The first kappa shape index (κ1) is 9.50. The molecule has 0 aliphatic heterocycles. The van der Waals surface area contributed by atoms with Crippen molar-refractivity contribution in [3.8, 4) is 0 Å². The number of halogens is 1. The quantitative estimate of drug-likeness (QED) is 0.760. The van der Waals surface area contributed by atoms with Crippen molar-refractivity contribution >= 4 is 22.5 Å². The van der Waals surface area contributed by atoms with Gasteiger partial charge in [-0.25, -0.2) is 4.84 Å².